The Bertz CT molecular complexity index is 610. The lowest BCUT2D eigenvalue weighted by Gasteiger charge is -2.11. The van der Waals surface area contributed by atoms with Crippen molar-refractivity contribution in [2.24, 2.45) is 0 Å². The molecule has 4 heteroatoms. The Kier molecular flexibility index (Phi) is 5.69. The lowest BCUT2D eigenvalue weighted by molar-refractivity contribution is 0.777. The second-order valence-corrected chi connectivity index (χ2v) is 5.55. The lowest BCUT2D eigenvalue weighted by Crippen LogP contribution is -2.30. The highest BCUT2D eigenvalue weighted by Crippen LogP contribution is 2.09. The summed E-state index contributed by atoms with van der Waals surface area (Å²) in [5.41, 5.74) is 3.76. The quantitative estimate of drug-likeness (QED) is 0.653. The first-order chi connectivity index (χ1) is 10.1. The van der Waals surface area contributed by atoms with E-state index in [1.54, 1.807) is 6.20 Å². The number of aryl methyl sites for hydroxylation is 3. The van der Waals surface area contributed by atoms with Gasteiger partial charge in [0.1, 0.15) is 5.82 Å². The van der Waals surface area contributed by atoms with Crippen LogP contribution in [0.25, 0.3) is 0 Å². The number of aromatic nitrogens is 1. The minimum atomic E-state index is 0.626. The monoisotopic (exact) mass is 299 g/mol. The van der Waals surface area contributed by atoms with Gasteiger partial charge in [0, 0.05) is 12.7 Å². The Hall–Kier alpha value is -1.94. The number of anilines is 1. The van der Waals surface area contributed by atoms with Crippen LogP contribution in [-0.2, 0) is 6.42 Å². The molecule has 3 nitrogen and oxygen atoms in total. The van der Waals surface area contributed by atoms with Crippen molar-refractivity contribution >= 4 is 23.1 Å². The van der Waals surface area contributed by atoms with E-state index in [-0.39, 0.29) is 0 Å². The Morgan fingerprint density at radius 1 is 1.19 bits per heavy atom. The maximum absolute atomic E-state index is 5.28. The van der Waals surface area contributed by atoms with Crippen LogP contribution in [0.5, 0.6) is 0 Å². The molecule has 2 rings (SSSR count). The van der Waals surface area contributed by atoms with Crippen molar-refractivity contribution in [3.8, 4) is 0 Å². The zero-order valence-corrected chi connectivity index (χ0v) is 13.3. The number of hydrogen-bond donors (Lipinski definition) is 2. The summed E-state index contributed by atoms with van der Waals surface area (Å²) in [5, 5.41) is 6.98. The Morgan fingerprint density at radius 2 is 2.05 bits per heavy atom. The van der Waals surface area contributed by atoms with Gasteiger partial charge in [-0.1, -0.05) is 35.9 Å². The number of rotatable bonds is 5. The lowest BCUT2D eigenvalue weighted by atomic mass is 10.1. The first kappa shape index (κ1) is 15.4. The Morgan fingerprint density at radius 3 is 2.81 bits per heavy atom. The second-order valence-electron chi connectivity index (χ2n) is 5.14. The molecule has 0 fully saturated rings. The Labute approximate surface area is 131 Å². The van der Waals surface area contributed by atoms with Crippen LogP contribution in [0.3, 0.4) is 0 Å². The van der Waals surface area contributed by atoms with Gasteiger partial charge in [-0.2, -0.15) is 0 Å². The van der Waals surface area contributed by atoms with Gasteiger partial charge in [-0.3, -0.25) is 0 Å². The summed E-state index contributed by atoms with van der Waals surface area (Å²) in [7, 11) is 0. The molecule has 0 aliphatic carbocycles. The summed E-state index contributed by atoms with van der Waals surface area (Å²) >= 11 is 5.28. The van der Waals surface area contributed by atoms with Gasteiger partial charge in [-0.15, -0.1) is 0 Å². The third kappa shape index (κ3) is 5.16. The average molecular weight is 299 g/mol. The predicted octanol–water partition coefficient (Wildman–Crippen LogP) is 3.62. The van der Waals surface area contributed by atoms with Gasteiger partial charge in [-0.05, 0) is 56.1 Å². The van der Waals surface area contributed by atoms with Crippen molar-refractivity contribution < 1.29 is 0 Å². The molecular weight excluding hydrogens is 278 g/mol. The second kappa shape index (κ2) is 7.74. The summed E-state index contributed by atoms with van der Waals surface area (Å²) in [6.45, 7) is 4.98. The van der Waals surface area contributed by atoms with Gasteiger partial charge in [-0.25, -0.2) is 4.98 Å². The smallest absolute Gasteiger partial charge is 0.171 e. The van der Waals surface area contributed by atoms with Crippen molar-refractivity contribution in [2.45, 2.75) is 26.7 Å². The van der Waals surface area contributed by atoms with E-state index in [4.69, 9.17) is 12.2 Å². The third-order valence-corrected chi connectivity index (χ3v) is 3.50. The van der Waals surface area contributed by atoms with Gasteiger partial charge in [0.25, 0.3) is 0 Å². The van der Waals surface area contributed by atoms with E-state index in [9.17, 15) is 0 Å². The molecule has 21 heavy (non-hydrogen) atoms. The Balaban J connectivity index is 1.71. The number of pyridine rings is 1. The zero-order valence-electron chi connectivity index (χ0n) is 12.5. The van der Waals surface area contributed by atoms with Crippen LogP contribution in [0.4, 0.5) is 5.82 Å². The summed E-state index contributed by atoms with van der Waals surface area (Å²) in [6, 6.07) is 12.5. The fraction of sp³-hybridized carbons (Fsp3) is 0.294. The molecule has 0 aliphatic rings. The summed E-state index contributed by atoms with van der Waals surface area (Å²) in [6.07, 6.45) is 3.86. The molecule has 0 aliphatic heterocycles. The average Bonchev–Trinajstić information content (AvgIpc) is 2.46. The van der Waals surface area contributed by atoms with E-state index >= 15 is 0 Å². The van der Waals surface area contributed by atoms with Crippen LogP contribution < -0.4 is 10.6 Å². The van der Waals surface area contributed by atoms with Crippen molar-refractivity contribution in [1.29, 1.82) is 0 Å². The minimum absolute atomic E-state index is 0.626. The molecule has 0 bridgehead atoms. The zero-order chi connectivity index (χ0) is 15.1. The van der Waals surface area contributed by atoms with Gasteiger partial charge < -0.3 is 10.6 Å². The van der Waals surface area contributed by atoms with E-state index < -0.39 is 0 Å². The first-order valence-electron chi connectivity index (χ1n) is 7.17. The highest BCUT2D eigenvalue weighted by molar-refractivity contribution is 7.80. The molecule has 110 valence electrons. The molecule has 1 aromatic heterocycles. The maximum atomic E-state index is 5.28. The molecule has 0 spiro atoms. The van der Waals surface area contributed by atoms with Gasteiger partial charge in [0.15, 0.2) is 5.11 Å². The topological polar surface area (TPSA) is 37.0 Å². The van der Waals surface area contributed by atoms with Crippen LogP contribution in [0.1, 0.15) is 23.1 Å². The van der Waals surface area contributed by atoms with Gasteiger partial charge in [0.2, 0.25) is 0 Å². The van der Waals surface area contributed by atoms with Gasteiger partial charge in [0.05, 0.1) is 0 Å². The SMILES string of the molecule is Cc1cccc(CCCNC(=S)Nc2ncccc2C)c1. The molecular formula is C17H21N3S. The van der Waals surface area contributed by atoms with Crippen molar-refractivity contribution in [3.63, 3.8) is 0 Å². The van der Waals surface area contributed by atoms with Crippen molar-refractivity contribution in [2.75, 3.05) is 11.9 Å². The molecule has 1 heterocycles. The molecule has 0 atom stereocenters. The number of nitrogens with one attached hydrogen (secondary N) is 2. The van der Waals surface area contributed by atoms with Crippen molar-refractivity contribution in [3.05, 3.63) is 59.3 Å². The van der Waals surface area contributed by atoms with Crippen molar-refractivity contribution in [1.82, 2.24) is 10.3 Å². The van der Waals surface area contributed by atoms with E-state index in [1.165, 1.54) is 11.1 Å². The van der Waals surface area contributed by atoms with Gasteiger partial charge >= 0.3 is 0 Å². The van der Waals surface area contributed by atoms with Crippen LogP contribution >= 0.6 is 12.2 Å². The predicted molar refractivity (Wildman–Crippen MR) is 92.7 cm³/mol. The first-order valence-corrected chi connectivity index (χ1v) is 7.58. The minimum Gasteiger partial charge on any atom is -0.362 e. The number of nitrogens with zero attached hydrogens (tertiary/aromatic N) is 1. The molecule has 0 amide bonds. The van der Waals surface area contributed by atoms with Crippen LogP contribution in [-0.4, -0.2) is 16.6 Å². The molecule has 2 aromatic rings. The number of hydrogen-bond acceptors (Lipinski definition) is 2. The molecule has 1 aromatic carbocycles. The molecule has 0 saturated heterocycles. The molecule has 0 saturated carbocycles. The fourth-order valence-electron chi connectivity index (χ4n) is 2.13. The largest absolute Gasteiger partial charge is 0.362 e. The third-order valence-electron chi connectivity index (χ3n) is 3.25. The summed E-state index contributed by atoms with van der Waals surface area (Å²) < 4.78 is 0. The molecule has 0 radical (unpaired) electrons. The highest BCUT2D eigenvalue weighted by Gasteiger charge is 2.01. The molecule has 0 unspecified atom stereocenters. The standard InChI is InChI=1S/C17H21N3S/c1-13-6-3-8-15(12-13)9-5-11-19-17(21)20-16-14(2)7-4-10-18-16/h3-4,6-8,10,12H,5,9,11H2,1-2H3,(H2,18,19,20,21). The van der Waals surface area contributed by atoms with Crippen LogP contribution in [0.15, 0.2) is 42.6 Å². The number of benzene rings is 1. The summed E-state index contributed by atoms with van der Waals surface area (Å²) in [4.78, 5) is 4.27. The van der Waals surface area contributed by atoms with E-state index in [0.717, 1.165) is 30.8 Å². The van der Waals surface area contributed by atoms with Crippen LogP contribution in [0.2, 0.25) is 0 Å². The van der Waals surface area contributed by atoms with Crippen LogP contribution in [0, 0.1) is 13.8 Å². The van der Waals surface area contributed by atoms with E-state index in [0.29, 0.717) is 5.11 Å². The van der Waals surface area contributed by atoms with E-state index in [1.807, 2.05) is 19.1 Å². The summed E-state index contributed by atoms with van der Waals surface area (Å²) in [5.74, 6) is 0.814. The number of thiocarbonyl (C=S) groups is 1. The fourth-order valence-corrected chi connectivity index (χ4v) is 2.33. The van der Waals surface area contributed by atoms with E-state index in [2.05, 4.69) is 46.8 Å². The maximum Gasteiger partial charge on any atom is 0.171 e. The normalized spacial score (nSPS) is 10.2. The molecule has 2 N–H and O–H groups in total. The highest BCUT2D eigenvalue weighted by atomic mass is 32.1.